The molecule has 0 saturated heterocycles. The number of aromatic nitrogens is 1. The molecule has 0 atom stereocenters. The van der Waals surface area contributed by atoms with Gasteiger partial charge >= 0.3 is 6.18 Å². The molecule has 0 N–H and O–H groups in total. The van der Waals surface area contributed by atoms with Crippen LogP contribution in [0.1, 0.15) is 11.3 Å². The molecule has 0 radical (unpaired) electrons. The molecule has 108 valence electrons. The summed E-state index contributed by atoms with van der Waals surface area (Å²) < 4.78 is 38.3. The van der Waals surface area contributed by atoms with Crippen molar-refractivity contribution in [2.45, 2.75) is 6.18 Å². The van der Waals surface area contributed by atoms with E-state index in [1.54, 1.807) is 6.07 Å². The third-order valence-corrected chi connectivity index (χ3v) is 3.71. The van der Waals surface area contributed by atoms with Crippen molar-refractivity contribution in [1.82, 2.24) is 4.98 Å². The number of hydrogen-bond acceptors (Lipinski definition) is 2. The second-order valence-electron chi connectivity index (χ2n) is 3.92. The monoisotopic (exact) mass is 350 g/mol. The summed E-state index contributed by atoms with van der Waals surface area (Å²) in [4.78, 5) is 3.47. The average molecular weight is 352 g/mol. The fourth-order valence-corrected chi connectivity index (χ4v) is 2.35. The maximum absolute atomic E-state index is 12.8. The van der Waals surface area contributed by atoms with Gasteiger partial charge in [0, 0.05) is 5.56 Å². The normalized spacial score (nSPS) is 11.3. The van der Waals surface area contributed by atoms with E-state index >= 15 is 0 Å². The van der Waals surface area contributed by atoms with Crippen LogP contribution in [0, 0.1) is 11.3 Å². The fraction of sp³-hybridized carbons (Fsp3) is 0.0769. The molecule has 0 aliphatic carbocycles. The second-order valence-corrected chi connectivity index (χ2v) is 5.11. The van der Waals surface area contributed by atoms with E-state index in [0.29, 0.717) is 6.07 Å². The number of alkyl halides is 3. The molecular weight excluding hydrogens is 348 g/mol. The molecule has 0 aliphatic heterocycles. The molecule has 1 aromatic carbocycles. The number of halogens is 6. The quantitative estimate of drug-likeness (QED) is 0.627. The van der Waals surface area contributed by atoms with Crippen molar-refractivity contribution in [3.05, 3.63) is 50.6 Å². The molecule has 0 unspecified atom stereocenters. The number of nitrogens with zero attached hydrogens (tertiary/aromatic N) is 2. The molecule has 2 rings (SSSR count). The number of nitriles is 1. The maximum atomic E-state index is 12.8. The van der Waals surface area contributed by atoms with Crippen LogP contribution in [0.2, 0.25) is 15.1 Å². The van der Waals surface area contributed by atoms with Crippen LogP contribution in [0.25, 0.3) is 11.3 Å². The summed E-state index contributed by atoms with van der Waals surface area (Å²) in [5.74, 6) is 0. The zero-order valence-corrected chi connectivity index (χ0v) is 12.2. The van der Waals surface area contributed by atoms with Crippen LogP contribution in [-0.4, -0.2) is 4.98 Å². The van der Waals surface area contributed by atoms with Crippen LogP contribution >= 0.6 is 34.8 Å². The van der Waals surface area contributed by atoms with E-state index in [1.165, 1.54) is 12.1 Å². The van der Waals surface area contributed by atoms with E-state index in [1.807, 2.05) is 0 Å². The molecule has 0 spiro atoms. The Balaban J connectivity index is 2.80. The van der Waals surface area contributed by atoms with E-state index in [9.17, 15) is 13.2 Å². The number of pyridine rings is 1. The van der Waals surface area contributed by atoms with Gasteiger partial charge in [0.25, 0.3) is 0 Å². The minimum absolute atomic E-state index is 0.00603. The summed E-state index contributed by atoms with van der Waals surface area (Å²) in [7, 11) is 0. The highest BCUT2D eigenvalue weighted by molar-refractivity contribution is 6.46. The van der Waals surface area contributed by atoms with Crippen LogP contribution in [0.5, 0.6) is 0 Å². The first-order valence-electron chi connectivity index (χ1n) is 5.38. The Labute approximate surface area is 132 Å². The largest absolute Gasteiger partial charge is 0.433 e. The molecule has 0 bridgehead atoms. The highest BCUT2D eigenvalue weighted by atomic mass is 35.5. The van der Waals surface area contributed by atoms with Crippen LogP contribution in [-0.2, 0) is 6.18 Å². The molecule has 1 heterocycles. The van der Waals surface area contributed by atoms with Gasteiger partial charge in [-0.15, -0.1) is 0 Å². The fourth-order valence-electron chi connectivity index (χ4n) is 1.64. The highest BCUT2D eigenvalue weighted by Gasteiger charge is 2.33. The van der Waals surface area contributed by atoms with Crippen molar-refractivity contribution in [2.24, 2.45) is 0 Å². The van der Waals surface area contributed by atoms with Gasteiger partial charge in [-0.05, 0) is 24.3 Å². The first-order valence-corrected chi connectivity index (χ1v) is 6.51. The van der Waals surface area contributed by atoms with Crippen molar-refractivity contribution >= 4 is 34.8 Å². The predicted octanol–water partition coefficient (Wildman–Crippen LogP) is 5.60. The van der Waals surface area contributed by atoms with Gasteiger partial charge < -0.3 is 0 Å². The van der Waals surface area contributed by atoms with Gasteiger partial charge in [0.1, 0.15) is 11.8 Å². The molecule has 0 amide bonds. The van der Waals surface area contributed by atoms with Gasteiger partial charge in [-0.25, -0.2) is 4.98 Å². The average Bonchev–Trinajstić information content (AvgIpc) is 2.42. The standard InChI is InChI=1S/C13H4Cl3F3N2/c14-7-2-3-8(15)11(16)10(7)12-6(5-20)1-4-9(21-12)13(17,18)19/h1-4H. The minimum atomic E-state index is -4.65. The lowest BCUT2D eigenvalue weighted by molar-refractivity contribution is -0.141. The van der Waals surface area contributed by atoms with Crippen molar-refractivity contribution in [2.75, 3.05) is 0 Å². The van der Waals surface area contributed by atoms with Crippen molar-refractivity contribution in [1.29, 1.82) is 5.26 Å². The van der Waals surface area contributed by atoms with Crippen LogP contribution in [0.4, 0.5) is 13.2 Å². The van der Waals surface area contributed by atoms with E-state index < -0.39 is 11.9 Å². The Bertz CT molecular complexity index is 752. The third kappa shape index (κ3) is 3.08. The summed E-state index contributed by atoms with van der Waals surface area (Å²) >= 11 is 17.8. The molecule has 1 aromatic heterocycles. The lowest BCUT2D eigenvalue weighted by Crippen LogP contribution is -2.09. The molecule has 2 nitrogen and oxygen atoms in total. The maximum Gasteiger partial charge on any atom is 0.433 e. The number of hydrogen-bond donors (Lipinski definition) is 0. The zero-order valence-electron chi connectivity index (χ0n) is 9.97. The number of benzene rings is 1. The van der Waals surface area contributed by atoms with Gasteiger partial charge in [0.15, 0.2) is 0 Å². The molecule has 0 fully saturated rings. The van der Waals surface area contributed by atoms with Crippen molar-refractivity contribution < 1.29 is 13.2 Å². The van der Waals surface area contributed by atoms with E-state index in [2.05, 4.69) is 4.98 Å². The lowest BCUT2D eigenvalue weighted by atomic mass is 10.1. The summed E-state index contributed by atoms with van der Waals surface area (Å²) in [5, 5.41) is 9.12. The van der Waals surface area contributed by atoms with Gasteiger partial charge in [-0.2, -0.15) is 18.4 Å². The Kier molecular flexibility index (Phi) is 4.33. The smallest absolute Gasteiger partial charge is 0.242 e. The lowest BCUT2D eigenvalue weighted by Gasteiger charge is -2.12. The Hall–Kier alpha value is -1.48. The summed E-state index contributed by atoms with van der Waals surface area (Å²) in [6.07, 6.45) is -4.65. The molecule has 0 saturated carbocycles. The summed E-state index contributed by atoms with van der Waals surface area (Å²) in [6.45, 7) is 0. The topological polar surface area (TPSA) is 36.7 Å². The van der Waals surface area contributed by atoms with E-state index in [0.717, 1.165) is 6.07 Å². The Morgan fingerprint density at radius 3 is 2.19 bits per heavy atom. The van der Waals surface area contributed by atoms with E-state index in [-0.39, 0.29) is 31.9 Å². The van der Waals surface area contributed by atoms with Gasteiger partial charge in [-0.1, -0.05) is 34.8 Å². The van der Waals surface area contributed by atoms with Crippen molar-refractivity contribution in [3.8, 4) is 17.3 Å². The molecule has 2 aromatic rings. The number of rotatable bonds is 1. The first kappa shape index (κ1) is 15.9. The Morgan fingerprint density at radius 2 is 1.62 bits per heavy atom. The van der Waals surface area contributed by atoms with Crippen LogP contribution in [0.15, 0.2) is 24.3 Å². The summed E-state index contributed by atoms with van der Waals surface area (Å²) in [6, 6.07) is 6.25. The van der Waals surface area contributed by atoms with Crippen LogP contribution in [0.3, 0.4) is 0 Å². The summed E-state index contributed by atoms with van der Waals surface area (Å²) in [5.41, 5.74) is -1.50. The molecule has 0 aliphatic rings. The van der Waals surface area contributed by atoms with Crippen molar-refractivity contribution in [3.63, 3.8) is 0 Å². The van der Waals surface area contributed by atoms with E-state index in [4.69, 9.17) is 40.1 Å². The van der Waals surface area contributed by atoms with Crippen LogP contribution < -0.4 is 0 Å². The van der Waals surface area contributed by atoms with Gasteiger partial charge in [0.2, 0.25) is 0 Å². The Morgan fingerprint density at radius 1 is 1.00 bits per heavy atom. The SMILES string of the molecule is N#Cc1ccc(C(F)(F)F)nc1-c1c(Cl)ccc(Cl)c1Cl. The zero-order chi connectivity index (χ0) is 15.8. The van der Waals surface area contributed by atoms with Gasteiger partial charge in [-0.3, -0.25) is 0 Å². The second kappa shape index (κ2) is 5.72. The highest BCUT2D eigenvalue weighted by Crippen LogP contribution is 2.40. The first-order chi connectivity index (χ1) is 9.75. The molecule has 21 heavy (non-hydrogen) atoms. The molecule has 8 heteroatoms. The third-order valence-electron chi connectivity index (χ3n) is 2.59. The minimum Gasteiger partial charge on any atom is -0.242 e. The van der Waals surface area contributed by atoms with Gasteiger partial charge in [0.05, 0.1) is 26.3 Å². The predicted molar refractivity (Wildman–Crippen MR) is 74.4 cm³/mol. The molecular formula is C13H4Cl3F3N2.